The predicted octanol–water partition coefficient (Wildman–Crippen LogP) is 3.34. The van der Waals surface area contributed by atoms with Crippen molar-refractivity contribution in [2.75, 3.05) is 0 Å². The minimum Gasteiger partial charge on any atom is -0.211 e. The van der Waals surface area contributed by atoms with E-state index in [4.69, 9.17) is 0 Å². The second-order valence-corrected chi connectivity index (χ2v) is 3.56. The van der Waals surface area contributed by atoms with Crippen LogP contribution >= 0.6 is 0 Å². The maximum absolute atomic E-state index is 10.1. The van der Waals surface area contributed by atoms with Gasteiger partial charge in [-0.05, 0) is 25.7 Å². The molecular weight excluding hydrogens is 162 g/mol. The van der Waals surface area contributed by atoms with Crippen molar-refractivity contribution in [1.82, 2.24) is 0 Å². The van der Waals surface area contributed by atoms with Crippen LogP contribution in [0.5, 0.6) is 0 Å². The third kappa shape index (κ3) is 4.64. The lowest BCUT2D eigenvalue weighted by atomic mass is 10.0. The smallest absolute Gasteiger partial charge is 0.211 e. The molecule has 0 aliphatic heterocycles. The van der Waals surface area contributed by atoms with Crippen LogP contribution in [-0.2, 0) is 4.79 Å². The topological polar surface area (TPSA) is 29.4 Å². The van der Waals surface area contributed by atoms with Crippen LogP contribution in [0.1, 0.15) is 51.4 Å². The van der Waals surface area contributed by atoms with Gasteiger partial charge in [0.1, 0.15) is 0 Å². The van der Waals surface area contributed by atoms with Gasteiger partial charge < -0.3 is 0 Å². The molecule has 0 unspecified atom stereocenters. The number of nitrogens with zero attached hydrogens (tertiary/aromatic N) is 1. The van der Waals surface area contributed by atoms with E-state index in [2.05, 4.69) is 11.1 Å². The molecule has 13 heavy (non-hydrogen) atoms. The number of hydrogen-bond donors (Lipinski definition) is 0. The molecule has 0 aromatic rings. The van der Waals surface area contributed by atoms with E-state index in [9.17, 15) is 4.79 Å². The minimum absolute atomic E-state index is 0.942. The third-order valence-corrected chi connectivity index (χ3v) is 2.46. The summed E-state index contributed by atoms with van der Waals surface area (Å²) in [7, 11) is 0. The highest BCUT2D eigenvalue weighted by Gasteiger charge is 1.99. The van der Waals surface area contributed by atoms with Crippen molar-refractivity contribution in [3.05, 3.63) is 11.8 Å². The SMILES string of the molecule is O=C=N/C1=C/CCCCCCCC1. The normalized spacial score (nSPS) is 23.8. The van der Waals surface area contributed by atoms with Crippen LogP contribution in [0, 0.1) is 0 Å². The fraction of sp³-hybridized carbons (Fsp3) is 0.727. The zero-order chi connectivity index (χ0) is 9.36. The Labute approximate surface area is 79.8 Å². The highest BCUT2D eigenvalue weighted by atomic mass is 16.1. The molecule has 0 saturated carbocycles. The van der Waals surface area contributed by atoms with E-state index in [0.717, 1.165) is 25.0 Å². The van der Waals surface area contributed by atoms with E-state index in [1.54, 1.807) is 6.08 Å². The molecule has 1 rings (SSSR count). The van der Waals surface area contributed by atoms with Gasteiger partial charge in [0.2, 0.25) is 6.08 Å². The maximum atomic E-state index is 10.1. The summed E-state index contributed by atoms with van der Waals surface area (Å²) in [4.78, 5) is 13.8. The van der Waals surface area contributed by atoms with E-state index in [0.29, 0.717) is 0 Å². The number of carbonyl (C=O) groups excluding carboxylic acids is 1. The number of aliphatic imine (C=N–C) groups is 1. The number of hydrogen-bond acceptors (Lipinski definition) is 2. The molecule has 0 heterocycles. The molecule has 0 bridgehead atoms. The first-order valence-corrected chi connectivity index (χ1v) is 5.20. The fourth-order valence-corrected chi connectivity index (χ4v) is 1.69. The molecule has 0 fully saturated rings. The van der Waals surface area contributed by atoms with Gasteiger partial charge in [-0.2, -0.15) is 4.99 Å². The van der Waals surface area contributed by atoms with Gasteiger partial charge in [0, 0.05) is 5.70 Å². The first kappa shape index (κ1) is 10.2. The summed E-state index contributed by atoms with van der Waals surface area (Å²) in [5.74, 6) is 0. The molecule has 0 radical (unpaired) electrons. The minimum atomic E-state index is 0.942. The molecule has 2 heteroatoms. The van der Waals surface area contributed by atoms with Crippen molar-refractivity contribution >= 4 is 6.08 Å². The predicted molar refractivity (Wildman–Crippen MR) is 53.1 cm³/mol. The molecule has 0 spiro atoms. The third-order valence-electron chi connectivity index (χ3n) is 2.46. The van der Waals surface area contributed by atoms with Gasteiger partial charge in [-0.25, -0.2) is 4.79 Å². The van der Waals surface area contributed by atoms with E-state index >= 15 is 0 Å². The van der Waals surface area contributed by atoms with E-state index in [1.165, 1.54) is 32.1 Å². The number of isocyanates is 1. The van der Waals surface area contributed by atoms with Crippen LogP contribution in [-0.4, -0.2) is 6.08 Å². The van der Waals surface area contributed by atoms with Crippen molar-refractivity contribution < 1.29 is 4.79 Å². The number of allylic oxidation sites excluding steroid dienone is 2. The van der Waals surface area contributed by atoms with Gasteiger partial charge in [-0.3, -0.25) is 0 Å². The average molecular weight is 179 g/mol. The second-order valence-electron chi connectivity index (χ2n) is 3.56. The Morgan fingerprint density at radius 3 is 2.54 bits per heavy atom. The molecule has 1 aliphatic carbocycles. The standard InChI is InChI=1S/C11H17NO/c13-10-12-11-8-6-4-2-1-3-5-7-9-11/h8H,1-7,9H2/b11-8+. The molecule has 2 nitrogen and oxygen atoms in total. The van der Waals surface area contributed by atoms with Gasteiger partial charge in [0.15, 0.2) is 0 Å². The molecule has 0 aromatic heterocycles. The zero-order valence-corrected chi connectivity index (χ0v) is 8.09. The lowest BCUT2D eigenvalue weighted by molar-refractivity contribution is 0.561. The molecular formula is C11H17NO. The monoisotopic (exact) mass is 179 g/mol. The van der Waals surface area contributed by atoms with Crippen LogP contribution in [0.3, 0.4) is 0 Å². The van der Waals surface area contributed by atoms with E-state index in [1.807, 2.05) is 0 Å². The maximum Gasteiger partial charge on any atom is 0.240 e. The fourth-order valence-electron chi connectivity index (χ4n) is 1.69. The highest BCUT2D eigenvalue weighted by Crippen LogP contribution is 2.16. The summed E-state index contributed by atoms with van der Waals surface area (Å²) in [5.41, 5.74) is 0.942. The Kier molecular flexibility index (Phi) is 5.19. The van der Waals surface area contributed by atoms with Crippen molar-refractivity contribution in [3.63, 3.8) is 0 Å². The van der Waals surface area contributed by atoms with Crippen LogP contribution in [0.15, 0.2) is 16.8 Å². The van der Waals surface area contributed by atoms with Gasteiger partial charge in [0.05, 0.1) is 0 Å². The van der Waals surface area contributed by atoms with Gasteiger partial charge in [-0.1, -0.05) is 31.8 Å². The van der Waals surface area contributed by atoms with Crippen molar-refractivity contribution in [1.29, 1.82) is 0 Å². The van der Waals surface area contributed by atoms with Crippen LogP contribution in [0.4, 0.5) is 0 Å². The number of rotatable bonds is 1. The summed E-state index contributed by atoms with van der Waals surface area (Å²) in [6.07, 6.45) is 13.4. The lowest BCUT2D eigenvalue weighted by Gasteiger charge is -2.05. The first-order valence-electron chi connectivity index (χ1n) is 5.20. The van der Waals surface area contributed by atoms with E-state index < -0.39 is 0 Å². The summed E-state index contributed by atoms with van der Waals surface area (Å²) in [6.45, 7) is 0. The molecule has 0 saturated heterocycles. The zero-order valence-electron chi connectivity index (χ0n) is 8.09. The van der Waals surface area contributed by atoms with Crippen LogP contribution in [0.25, 0.3) is 0 Å². The molecule has 0 atom stereocenters. The van der Waals surface area contributed by atoms with Crippen LogP contribution < -0.4 is 0 Å². The van der Waals surface area contributed by atoms with Crippen molar-refractivity contribution in [3.8, 4) is 0 Å². The van der Waals surface area contributed by atoms with Gasteiger partial charge >= 0.3 is 0 Å². The first-order chi connectivity index (χ1) is 6.43. The summed E-state index contributed by atoms with van der Waals surface area (Å²) < 4.78 is 0. The van der Waals surface area contributed by atoms with Crippen molar-refractivity contribution in [2.45, 2.75) is 51.4 Å². The Balaban J connectivity index is 2.46. The molecule has 0 N–H and O–H groups in total. The Morgan fingerprint density at radius 1 is 1.08 bits per heavy atom. The van der Waals surface area contributed by atoms with E-state index in [-0.39, 0.29) is 0 Å². The highest BCUT2D eigenvalue weighted by molar-refractivity contribution is 5.36. The largest absolute Gasteiger partial charge is 0.240 e. The molecule has 0 amide bonds. The molecule has 72 valence electrons. The van der Waals surface area contributed by atoms with Gasteiger partial charge in [-0.15, -0.1) is 0 Å². The average Bonchev–Trinajstić information content (AvgIpc) is 2.16. The summed E-state index contributed by atoms with van der Waals surface area (Å²) >= 11 is 0. The quantitative estimate of drug-likeness (QED) is 0.448. The Hall–Kier alpha value is -0.880. The Morgan fingerprint density at radius 2 is 1.77 bits per heavy atom. The summed E-state index contributed by atoms with van der Waals surface area (Å²) in [6, 6.07) is 0. The Bertz CT molecular complexity index is 214. The lowest BCUT2D eigenvalue weighted by Crippen LogP contribution is -1.87. The van der Waals surface area contributed by atoms with Gasteiger partial charge in [0.25, 0.3) is 0 Å². The van der Waals surface area contributed by atoms with Crippen LogP contribution in [0.2, 0.25) is 0 Å². The molecule has 1 aliphatic rings. The second kappa shape index (κ2) is 6.62. The molecule has 0 aromatic carbocycles. The summed E-state index contributed by atoms with van der Waals surface area (Å²) in [5, 5.41) is 0. The van der Waals surface area contributed by atoms with Crippen molar-refractivity contribution in [2.24, 2.45) is 4.99 Å².